The highest BCUT2D eigenvalue weighted by Crippen LogP contribution is 2.25. The van der Waals surface area contributed by atoms with E-state index < -0.39 is 10.0 Å². The van der Waals surface area contributed by atoms with E-state index in [1.54, 1.807) is 0 Å². The van der Waals surface area contributed by atoms with Gasteiger partial charge in [-0.05, 0) is 50.9 Å². The summed E-state index contributed by atoms with van der Waals surface area (Å²) in [4.78, 5) is 7.04. The molecular weight excluding hydrogens is 517 g/mol. The van der Waals surface area contributed by atoms with Gasteiger partial charge in [0.15, 0.2) is 5.96 Å². The van der Waals surface area contributed by atoms with E-state index in [4.69, 9.17) is 4.74 Å². The lowest BCUT2D eigenvalue weighted by Gasteiger charge is -2.34. The maximum atomic E-state index is 12.1. The highest BCUT2D eigenvalue weighted by atomic mass is 127. The van der Waals surface area contributed by atoms with E-state index in [2.05, 4.69) is 25.2 Å². The van der Waals surface area contributed by atoms with Crippen LogP contribution in [0.25, 0.3) is 0 Å². The number of ether oxygens (including phenoxy) is 1. The van der Waals surface area contributed by atoms with E-state index in [0.717, 1.165) is 71.0 Å². The topological polar surface area (TPSA) is 95.1 Å². The predicted octanol–water partition coefficient (Wildman–Crippen LogP) is 1.38. The Kier molecular flexibility index (Phi) is 11.6. The van der Waals surface area contributed by atoms with Gasteiger partial charge in [0.1, 0.15) is 0 Å². The molecule has 3 N–H and O–H groups in total. The molecule has 30 heavy (non-hydrogen) atoms. The Morgan fingerprint density at radius 2 is 1.90 bits per heavy atom. The minimum atomic E-state index is -3.24. The van der Waals surface area contributed by atoms with Crippen LogP contribution in [-0.4, -0.2) is 83.6 Å². The highest BCUT2D eigenvalue weighted by molar-refractivity contribution is 14.0. The molecule has 0 bridgehead atoms. The number of sulfonamides is 1. The number of hydrogen-bond acceptors (Lipinski definition) is 5. The summed E-state index contributed by atoms with van der Waals surface area (Å²) in [5.74, 6) is 1.99. The molecule has 176 valence electrons. The van der Waals surface area contributed by atoms with Crippen molar-refractivity contribution in [3.63, 3.8) is 0 Å². The quantitative estimate of drug-likeness (QED) is 0.214. The molecule has 3 fully saturated rings. The molecule has 2 heterocycles. The van der Waals surface area contributed by atoms with Crippen molar-refractivity contribution >= 4 is 40.0 Å². The van der Waals surface area contributed by atoms with E-state index in [1.807, 2.05) is 6.92 Å². The van der Waals surface area contributed by atoms with Gasteiger partial charge in [0.2, 0.25) is 10.0 Å². The molecule has 2 aliphatic heterocycles. The summed E-state index contributed by atoms with van der Waals surface area (Å²) in [6.07, 6.45) is 6.86. The summed E-state index contributed by atoms with van der Waals surface area (Å²) >= 11 is 0. The van der Waals surface area contributed by atoms with E-state index in [-0.39, 0.29) is 36.3 Å². The van der Waals surface area contributed by atoms with Crippen molar-refractivity contribution in [2.45, 2.75) is 51.5 Å². The summed E-state index contributed by atoms with van der Waals surface area (Å²) in [5.41, 5.74) is 0. The number of nitrogens with zero attached hydrogens (tertiary/aromatic N) is 2. The van der Waals surface area contributed by atoms with Gasteiger partial charge in [0, 0.05) is 45.4 Å². The van der Waals surface area contributed by atoms with Gasteiger partial charge in [-0.1, -0.05) is 6.42 Å². The molecule has 0 aromatic carbocycles. The Hall–Kier alpha value is -0.170. The van der Waals surface area contributed by atoms with Gasteiger partial charge in [-0.15, -0.1) is 24.0 Å². The third kappa shape index (κ3) is 9.13. The Morgan fingerprint density at radius 1 is 1.13 bits per heavy atom. The second-order valence-electron chi connectivity index (χ2n) is 8.67. The van der Waals surface area contributed by atoms with Crippen molar-refractivity contribution in [3.8, 4) is 0 Å². The van der Waals surface area contributed by atoms with Crippen LogP contribution in [0.5, 0.6) is 0 Å². The number of likely N-dealkylation sites (tertiary alicyclic amines) is 1. The van der Waals surface area contributed by atoms with Gasteiger partial charge in [-0.2, -0.15) is 0 Å². The van der Waals surface area contributed by atoms with E-state index >= 15 is 0 Å². The number of aliphatic imine (C=N–C) groups is 1. The first kappa shape index (κ1) is 26.1. The van der Waals surface area contributed by atoms with Crippen molar-refractivity contribution in [2.75, 3.05) is 58.2 Å². The number of piperidine rings is 1. The Morgan fingerprint density at radius 3 is 2.50 bits per heavy atom. The average molecular weight is 558 g/mol. The monoisotopic (exact) mass is 557 g/mol. The fourth-order valence-electron chi connectivity index (χ4n) is 4.16. The molecule has 2 saturated heterocycles. The molecule has 0 aromatic heterocycles. The van der Waals surface area contributed by atoms with Crippen molar-refractivity contribution in [1.82, 2.24) is 20.3 Å². The molecule has 10 heteroatoms. The number of hydrogen-bond donors (Lipinski definition) is 3. The SMILES string of the molecule is CCNC(=NCCS(=O)(=O)NCC1CCC1)NC1CCN(CC2CCOC2)CC1.I. The molecule has 0 spiro atoms. The van der Waals surface area contributed by atoms with Crippen LogP contribution in [-0.2, 0) is 14.8 Å². The van der Waals surface area contributed by atoms with Crippen LogP contribution in [0.2, 0.25) is 0 Å². The van der Waals surface area contributed by atoms with Crippen molar-refractivity contribution < 1.29 is 13.2 Å². The maximum absolute atomic E-state index is 12.1. The van der Waals surface area contributed by atoms with Crippen LogP contribution >= 0.6 is 24.0 Å². The number of halogens is 1. The van der Waals surface area contributed by atoms with Gasteiger partial charge in [0.25, 0.3) is 0 Å². The second-order valence-corrected chi connectivity index (χ2v) is 10.6. The molecule has 3 aliphatic rings. The normalized spacial score (nSPS) is 24.3. The van der Waals surface area contributed by atoms with Gasteiger partial charge < -0.3 is 20.3 Å². The van der Waals surface area contributed by atoms with Crippen LogP contribution < -0.4 is 15.4 Å². The Labute approximate surface area is 199 Å². The fourth-order valence-corrected chi connectivity index (χ4v) is 5.12. The summed E-state index contributed by atoms with van der Waals surface area (Å²) in [5, 5.41) is 6.75. The predicted molar refractivity (Wildman–Crippen MR) is 132 cm³/mol. The summed E-state index contributed by atoms with van der Waals surface area (Å²) in [6.45, 7) is 8.79. The molecule has 1 saturated carbocycles. The third-order valence-electron chi connectivity index (χ3n) is 6.26. The van der Waals surface area contributed by atoms with Crippen molar-refractivity contribution in [2.24, 2.45) is 16.8 Å². The standard InChI is InChI=1S/C20H39N5O3S.HI/c1-2-21-20(22-9-13-29(26,27)23-14-17-4-3-5-17)24-19-6-10-25(11-7-19)15-18-8-12-28-16-18;/h17-19,23H,2-16H2,1H3,(H2,21,22,24);1H. The molecule has 8 nitrogen and oxygen atoms in total. The molecule has 0 aromatic rings. The van der Waals surface area contributed by atoms with E-state index in [1.165, 1.54) is 12.8 Å². The Balaban J connectivity index is 0.00000320. The molecule has 0 amide bonds. The van der Waals surface area contributed by atoms with Gasteiger partial charge in [0.05, 0.1) is 18.9 Å². The molecular formula is C20H40IN5O3S. The third-order valence-corrected chi connectivity index (χ3v) is 7.59. The molecule has 1 aliphatic carbocycles. The summed E-state index contributed by atoms with van der Waals surface area (Å²) < 4.78 is 32.5. The van der Waals surface area contributed by atoms with E-state index in [9.17, 15) is 8.42 Å². The Bertz CT molecular complexity index is 616. The lowest BCUT2D eigenvalue weighted by molar-refractivity contribution is 0.150. The first-order valence-electron chi connectivity index (χ1n) is 11.4. The second kappa shape index (κ2) is 13.4. The van der Waals surface area contributed by atoms with Crippen LogP contribution in [0.1, 0.15) is 45.4 Å². The lowest BCUT2D eigenvalue weighted by atomic mass is 9.86. The van der Waals surface area contributed by atoms with E-state index in [0.29, 0.717) is 24.4 Å². The minimum Gasteiger partial charge on any atom is -0.381 e. The van der Waals surface area contributed by atoms with Crippen molar-refractivity contribution in [1.29, 1.82) is 0 Å². The van der Waals surface area contributed by atoms with Crippen LogP contribution in [0.3, 0.4) is 0 Å². The fraction of sp³-hybridized carbons (Fsp3) is 0.950. The first-order chi connectivity index (χ1) is 14.0. The van der Waals surface area contributed by atoms with Crippen LogP contribution in [0.4, 0.5) is 0 Å². The molecule has 1 atom stereocenters. The number of nitrogens with one attached hydrogen (secondary N) is 3. The van der Waals surface area contributed by atoms with Crippen LogP contribution in [0.15, 0.2) is 4.99 Å². The van der Waals surface area contributed by atoms with Gasteiger partial charge >= 0.3 is 0 Å². The van der Waals surface area contributed by atoms with Gasteiger partial charge in [-0.3, -0.25) is 4.99 Å². The zero-order chi connectivity index (χ0) is 20.5. The summed E-state index contributed by atoms with van der Waals surface area (Å²) in [6, 6.07) is 0.386. The zero-order valence-electron chi connectivity index (χ0n) is 18.3. The zero-order valence-corrected chi connectivity index (χ0v) is 21.4. The van der Waals surface area contributed by atoms with Crippen molar-refractivity contribution in [3.05, 3.63) is 0 Å². The van der Waals surface area contributed by atoms with Gasteiger partial charge in [-0.25, -0.2) is 13.1 Å². The first-order valence-corrected chi connectivity index (χ1v) is 13.0. The molecule has 0 radical (unpaired) electrons. The average Bonchev–Trinajstić information content (AvgIpc) is 3.15. The lowest BCUT2D eigenvalue weighted by Crippen LogP contribution is -2.49. The minimum absolute atomic E-state index is 0. The largest absolute Gasteiger partial charge is 0.381 e. The molecule has 1 unspecified atom stereocenters. The number of rotatable bonds is 10. The number of guanidine groups is 1. The highest BCUT2D eigenvalue weighted by Gasteiger charge is 2.24. The summed E-state index contributed by atoms with van der Waals surface area (Å²) in [7, 11) is -3.24. The molecule has 3 rings (SSSR count). The maximum Gasteiger partial charge on any atom is 0.213 e. The van der Waals surface area contributed by atoms with Crippen LogP contribution in [0, 0.1) is 11.8 Å². The smallest absolute Gasteiger partial charge is 0.213 e.